The number of nitrogens with zero attached hydrogens (tertiary/aromatic N) is 1. The first-order chi connectivity index (χ1) is 9.86. The number of sulfone groups is 1. The minimum absolute atomic E-state index is 0.00734. The van der Waals surface area contributed by atoms with Crippen LogP contribution in [0.2, 0.25) is 0 Å². The van der Waals surface area contributed by atoms with Gasteiger partial charge in [-0.25, -0.2) is 8.42 Å². The molecule has 1 aromatic carbocycles. The van der Waals surface area contributed by atoms with E-state index in [0.717, 1.165) is 32.2 Å². The Hall–Kier alpha value is -1.56. The maximum Gasteiger partial charge on any atom is 0.260 e. The lowest BCUT2D eigenvalue weighted by Gasteiger charge is -2.30. The lowest BCUT2D eigenvalue weighted by molar-refractivity contribution is -0.134. The fraction of sp³-hybridized carbons (Fsp3) is 0.533. The van der Waals surface area contributed by atoms with Gasteiger partial charge in [-0.2, -0.15) is 0 Å². The standard InChI is InChI=1S/C15H21NO4S/c1-12-7-9-16(10-8-12)15(17)11-20-13-3-5-14(6-4-13)21(2,18)19/h3-6,12H,7-11H2,1-2H3. The Morgan fingerprint density at radius 3 is 2.33 bits per heavy atom. The van der Waals surface area contributed by atoms with Crippen molar-refractivity contribution < 1.29 is 17.9 Å². The second-order valence-corrected chi connectivity index (χ2v) is 7.61. The van der Waals surface area contributed by atoms with Crippen molar-refractivity contribution in [3.05, 3.63) is 24.3 Å². The van der Waals surface area contributed by atoms with Crippen LogP contribution in [0.4, 0.5) is 0 Å². The van der Waals surface area contributed by atoms with Gasteiger partial charge in [0.25, 0.3) is 5.91 Å². The molecule has 0 radical (unpaired) electrons. The largest absolute Gasteiger partial charge is 0.484 e. The van der Waals surface area contributed by atoms with E-state index in [2.05, 4.69) is 6.92 Å². The Morgan fingerprint density at radius 2 is 1.81 bits per heavy atom. The van der Waals surface area contributed by atoms with Gasteiger partial charge in [-0.05, 0) is 43.0 Å². The number of benzene rings is 1. The van der Waals surface area contributed by atoms with Gasteiger partial charge in [-0.3, -0.25) is 4.79 Å². The summed E-state index contributed by atoms with van der Waals surface area (Å²) in [5.41, 5.74) is 0. The third-order valence-corrected chi connectivity index (χ3v) is 4.88. The molecule has 0 saturated carbocycles. The topological polar surface area (TPSA) is 63.7 Å². The molecule has 1 amide bonds. The predicted molar refractivity (Wildman–Crippen MR) is 80.0 cm³/mol. The molecule has 6 heteroatoms. The molecule has 0 unspecified atom stereocenters. The summed E-state index contributed by atoms with van der Waals surface area (Å²) in [7, 11) is -3.20. The first-order valence-electron chi connectivity index (χ1n) is 7.07. The quantitative estimate of drug-likeness (QED) is 0.849. The molecule has 0 aromatic heterocycles. The molecular weight excluding hydrogens is 290 g/mol. The van der Waals surface area contributed by atoms with Gasteiger partial charge in [-0.1, -0.05) is 6.92 Å². The highest BCUT2D eigenvalue weighted by Crippen LogP contribution is 2.18. The molecule has 1 saturated heterocycles. The molecule has 1 heterocycles. The second kappa shape index (κ2) is 6.47. The summed E-state index contributed by atoms with van der Waals surface area (Å²) < 4.78 is 28.1. The Labute approximate surface area is 125 Å². The summed E-state index contributed by atoms with van der Waals surface area (Å²) in [4.78, 5) is 14.1. The van der Waals surface area contributed by atoms with Gasteiger partial charge in [0, 0.05) is 19.3 Å². The fourth-order valence-corrected chi connectivity index (χ4v) is 2.91. The molecule has 0 aliphatic carbocycles. The van der Waals surface area contributed by atoms with Crippen LogP contribution in [0.3, 0.4) is 0 Å². The Balaban J connectivity index is 1.87. The van der Waals surface area contributed by atoms with Crippen molar-refractivity contribution in [2.75, 3.05) is 26.0 Å². The number of piperidine rings is 1. The van der Waals surface area contributed by atoms with Gasteiger partial charge in [0.15, 0.2) is 16.4 Å². The van der Waals surface area contributed by atoms with E-state index in [9.17, 15) is 13.2 Å². The average molecular weight is 311 g/mol. The van der Waals surface area contributed by atoms with Crippen LogP contribution in [-0.4, -0.2) is 45.2 Å². The molecular formula is C15H21NO4S. The Morgan fingerprint density at radius 1 is 1.24 bits per heavy atom. The number of carbonyl (C=O) groups is 1. The number of likely N-dealkylation sites (tertiary alicyclic amines) is 1. The third kappa shape index (κ3) is 4.46. The van der Waals surface area contributed by atoms with Crippen molar-refractivity contribution in [1.82, 2.24) is 4.90 Å². The molecule has 0 N–H and O–H groups in total. The number of amides is 1. The van der Waals surface area contributed by atoms with Crippen LogP contribution in [0.15, 0.2) is 29.2 Å². The Kier molecular flexibility index (Phi) is 4.88. The Bertz CT molecular complexity index is 587. The third-order valence-electron chi connectivity index (χ3n) is 3.75. The fourth-order valence-electron chi connectivity index (χ4n) is 2.28. The van der Waals surface area contributed by atoms with E-state index in [0.29, 0.717) is 11.7 Å². The smallest absolute Gasteiger partial charge is 0.260 e. The second-order valence-electron chi connectivity index (χ2n) is 5.60. The monoisotopic (exact) mass is 311 g/mol. The average Bonchev–Trinajstić information content (AvgIpc) is 2.45. The van der Waals surface area contributed by atoms with Gasteiger partial charge in [0.1, 0.15) is 5.75 Å². The summed E-state index contributed by atoms with van der Waals surface area (Å²) in [6.07, 6.45) is 3.23. The molecule has 0 atom stereocenters. The summed E-state index contributed by atoms with van der Waals surface area (Å²) in [5, 5.41) is 0. The van der Waals surface area contributed by atoms with E-state index in [1.165, 1.54) is 12.1 Å². The van der Waals surface area contributed by atoms with Gasteiger partial charge >= 0.3 is 0 Å². The van der Waals surface area contributed by atoms with Crippen molar-refractivity contribution in [3.63, 3.8) is 0 Å². The molecule has 116 valence electrons. The molecule has 1 fully saturated rings. The van der Waals surface area contributed by atoms with Crippen molar-refractivity contribution >= 4 is 15.7 Å². The maximum absolute atomic E-state index is 12.0. The zero-order chi connectivity index (χ0) is 15.5. The summed E-state index contributed by atoms with van der Waals surface area (Å²) >= 11 is 0. The molecule has 2 rings (SSSR count). The van der Waals surface area contributed by atoms with Crippen LogP contribution in [0.5, 0.6) is 5.75 Å². The number of ether oxygens (including phenoxy) is 1. The first-order valence-corrected chi connectivity index (χ1v) is 8.96. The normalized spacial score (nSPS) is 16.8. The van der Waals surface area contributed by atoms with E-state index in [1.54, 1.807) is 12.1 Å². The highest BCUT2D eigenvalue weighted by molar-refractivity contribution is 7.90. The highest BCUT2D eigenvalue weighted by Gasteiger charge is 2.20. The zero-order valence-corrected chi connectivity index (χ0v) is 13.2. The number of carbonyl (C=O) groups excluding carboxylic acids is 1. The number of hydrogen-bond donors (Lipinski definition) is 0. The van der Waals surface area contributed by atoms with E-state index in [4.69, 9.17) is 4.74 Å². The summed E-state index contributed by atoms with van der Waals surface area (Å²) in [6, 6.07) is 6.11. The van der Waals surface area contributed by atoms with Gasteiger partial charge in [0.05, 0.1) is 4.90 Å². The van der Waals surface area contributed by atoms with Crippen molar-refractivity contribution in [2.45, 2.75) is 24.7 Å². The van der Waals surface area contributed by atoms with Crippen LogP contribution in [-0.2, 0) is 14.6 Å². The molecule has 21 heavy (non-hydrogen) atoms. The number of hydrogen-bond acceptors (Lipinski definition) is 4. The van der Waals surface area contributed by atoms with Crippen LogP contribution in [0.25, 0.3) is 0 Å². The van der Waals surface area contributed by atoms with Crippen LogP contribution in [0.1, 0.15) is 19.8 Å². The van der Waals surface area contributed by atoms with Crippen molar-refractivity contribution in [1.29, 1.82) is 0 Å². The number of rotatable bonds is 4. The zero-order valence-electron chi connectivity index (χ0n) is 12.4. The van der Waals surface area contributed by atoms with Crippen molar-refractivity contribution in [2.24, 2.45) is 5.92 Å². The van der Waals surface area contributed by atoms with Crippen molar-refractivity contribution in [3.8, 4) is 5.75 Å². The minimum atomic E-state index is -3.20. The summed E-state index contributed by atoms with van der Waals surface area (Å²) in [6.45, 7) is 3.76. The molecule has 1 aliphatic heterocycles. The lowest BCUT2D eigenvalue weighted by Crippen LogP contribution is -2.40. The maximum atomic E-state index is 12.0. The molecule has 5 nitrogen and oxygen atoms in total. The first kappa shape index (κ1) is 15.8. The van der Waals surface area contributed by atoms with Gasteiger partial charge < -0.3 is 9.64 Å². The van der Waals surface area contributed by atoms with Crippen LogP contribution < -0.4 is 4.74 Å². The molecule has 0 bridgehead atoms. The molecule has 1 aromatic rings. The van der Waals surface area contributed by atoms with E-state index in [1.807, 2.05) is 4.90 Å². The molecule has 0 spiro atoms. The molecule has 1 aliphatic rings. The summed E-state index contributed by atoms with van der Waals surface area (Å²) in [5.74, 6) is 1.16. The minimum Gasteiger partial charge on any atom is -0.484 e. The van der Waals surface area contributed by atoms with E-state index < -0.39 is 9.84 Å². The van der Waals surface area contributed by atoms with Crippen LogP contribution >= 0.6 is 0 Å². The predicted octanol–water partition coefficient (Wildman–Crippen LogP) is 1.73. The van der Waals surface area contributed by atoms with E-state index in [-0.39, 0.29) is 17.4 Å². The van der Waals surface area contributed by atoms with Gasteiger partial charge in [0.2, 0.25) is 0 Å². The SMILES string of the molecule is CC1CCN(C(=O)COc2ccc(S(C)(=O)=O)cc2)CC1. The van der Waals surface area contributed by atoms with Crippen LogP contribution in [0, 0.1) is 5.92 Å². The van der Waals surface area contributed by atoms with Gasteiger partial charge in [-0.15, -0.1) is 0 Å². The lowest BCUT2D eigenvalue weighted by atomic mass is 9.99. The highest BCUT2D eigenvalue weighted by atomic mass is 32.2. The van der Waals surface area contributed by atoms with E-state index >= 15 is 0 Å².